The zero-order valence-corrected chi connectivity index (χ0v) is 36.9. The first-order valence-electron chi connectivity index (χ1n) is 21.5. The lowest BCUT2D eigenvalue weighted by Gasteiger charge is -2.20. The molecule has 1 aliphatic carbocycles. The van der Waals surface area contributed by atoms with Crippen LogP contribution in [-0.2, 0) is 37.5 Å². The van der Waals surface area contributed by atoms with Gasteiger partial charge in [-0.2, -0.15) is 0 Å². The molecule has 1 unspecified atom stereocenters. The molecule has 15 heteroatoms. The number of esters is 2. The number of aliphatic hydroxyl groups excluding tert-OH is 3. The number of ether oxygens (including phenoxy) is 2. The summed E-state index contributed by atoms with van der Waals surface area (Å²) in [6.45, 7) is 2.14. The zero-order valence-electron chi connectivity index (χ0n) is 36.0. The molecule has 0 radical (unpaired) electrons. The van der Waals surface area contributed by atoms with E-state index in [1.54, 1.807) is 18.2 Å². The fourth-order valence-electron chi connectivity index (χ4n) is 6.00. The molecule has 0 bridgehead atoms. The van der Waals surface area contributed by atoms with Crippen LogP contribution in [-0.4, -0.2) is 93.5 Å². The summed E-state index contributed by atoms with van der Waals surface area (Å²) in [6, 6.07) is -1.59. The number of carbonyl (C=O) groups is 3. The first-order valence-corrected chi connectivity index (χ1v) is 23.0. The zero-order chi connectivity index (χ0) is 45.1. The van der Waals surface area contributed by atoms with Crippen LogP contribution < -0.4 is 5.73 Å². The maximum atomic E-state index is 12.8. The van der Waals surface area contributed by atoms with Gasteiger partial charge < -0.3 is 40.5 Å². The molecule has 1 saturated carbocycles. The van der Waals surface area contributed by atoms with Crippen LogP contribution in [0.4, 0.5) is 0 Å². The quantitative estimate of drug-likeness (QED) is 0.0158. The molecule has 1 aliphatic rings. The van der Waals surface area contributed by atoms with E-state index in [0.717, 1.165) is 51.4 Å². The number of carboxylic acid groups (broad SMARTS) is 1. The molecule has 0 saturated heterocycles. The maximum Gasteiger partial charge on any atom is 0.472 e. The SMILES string of the molecule is CC/C=C\C/C=C\C/C=C\C/C=C\C/C=C\C/C=C\CCC(=O)OC[C@H](COP(=O)(O)OC[C@H](N)C(=O)O)OC(=O)C/C=C\C[C@H]1[C@@H](/C=C/[C@H](O)CCCCC)[C@H](O)C[C@@H]1O. The Morgan fingerprint density at radius 3 is 1.90 bits per heavy atom. The van der Waals surface area contributed by atoms with Gasteiger partial charge in [-0.3, -0.25) is 23.4 Å². The van der Waals surface area contributed by atoms with E-state index in [-0.39, 0.29) is 31.1 Å². The van der Waals surface area contributed by atoms with Crippen molar-refractivity contribution < 1.29 is 62.8 Å². The molecule has 0 amide bonds. The number of phosphoric ester groups is 1. The van der Waals surface area contributed by atoms with E-state index in [9.17, 15) is 39.2 Å². The van der Waals surface area contributed by atoms with Gasteiger partial charge in [-0.25, -0.2) is 4.57 Å². The molecule has 344 valence electrons. The van der Waals surface area contributed by atoms with Crippen LogP contribution in [0.1, 0.15) is 110 Å². The molecule has 7 N–H and O–H groups in total. The monoisotopic (exact) mass is 877 g/mol. The summed E-state index contributed by atoms with van der Waals surface area (Å²) in [7, 11) is -4.83. The van der Waals surface area contributed by atoms with Gasteiger partial charge in [0.2, 0.25) is 0 Å². The summed E-state index contributed by atoms with van der Waals surface area (Å²) in [6.07, 6.45) is 37.7. The highest BCUT2D eigenvalue weighted by Crippen LogP contribution is 2.43. The average molecular weight is 878 g/mol. The van der Waals surface area contributed by atoms with Gasteiger partial charge in [0.1, 0.15) is 12.6 Å². The Labute approximate surface area is 362 Å². The fraction of sp³-hybridized carbons (Fsp3) is 0.587. The smallest absolute Gasteiger partial charge is 0.472 e. The minimum atomic E-state index is -4.83. The van der Waals surface area contributed by atoms with Gasteiger partial charge >= 0.3 is 25.7 Å². The van der Waals surface area contributed by atoms with Crippen molar-refractivity contribution in [2.75, 3.05) is 19.8 Å². The van der Waals surface area contributed by atoms with Crippen LogP contribution in [0.15, 0.2) is 97.2 Å². The standard InChI is InChI=1S/C46H72NO13P/c1-3-5-7-8-9-10-11-12-13-14-15-16-17-18-19-20-21-22-24-29-44(51)57-34-38(35-58-61(55,56)59-36-41(47)46(53)54)60-45(52)30-26-25-28-39-40(43(50)33-42(39)49)32-31-37(48)27-23-6-4-2/h5,7,9-10,12-13,15-16,18-19,21-22,25-26,31-32,37-43,48-50H,3-4,6,8,11,14,17,20,23-24,27-30,33-36,47H2,1-2H3,(H,53,54)(H,55,56)/b7-5-,10-9-,13-12-,16-15-,19-18-,22-21-,26-25-,32-31+/t37-,38-,39+,40-,41+,42+,43-/m1/s1. The predicted molar refractivity (Wildman–Crippen MR) is 237 cm³/mol. The van der Waals surface area contributed by atoms with Gasteiger partial charge in [0.15, 0.2) is 6.10 Å². The second-order valence-corrected chi connectivity index (χ2v) is 16.2. The number of hydrogen-bond donors (Lipinski definition) is 6. The Morgan fingerprint density at radius 1 is 0.754 bits per heavy atom. The normalized spacial score (nSPS) is 21.3. The number of allylic oxidation sites excluding steroid dienone is 13. The summed E-state index contributed by atoms with van der Waals surface area (Å²) in [5.41, 5.74) is 5.32. The van der Waals surface area contributed by atoms with Crippen LogP contribution in [0.3, 0.4) is 0 Å². The molecule has 0 aromatic carbocycles. The molecule has 1 fully saturated rings. The second kappa shape index (κ2) is 34.8. The number of carbonyl (C=O) groups excluding carboxylic acids is 2. The van der Waals surface area contributed by atoms with E-state index >= 15 is 0 Å². The van der Waals surface area contributed by atoms with Gasteiger partial charge in [0.05, 0.1) is 37.9 Å². The number of carboxylic acids is 1. The molecular formula is C46H72NO13P. The van der Waals surface area contributed by atoms with Gasteiger partial charge in [0, 0.05) is 18.8 Å². The van der Waals surface area contributed by atoms with Gasteiger partial charge in [0.25, 0.3) is 0 Å². The van der Waals surface area contributed by atoms with Gasteiger partial charge in [-0.05, 0) is 63.7 Å². The van der Waals surface area contributed by atoms with Crippen molar-refractivity contribution in [1.29, 1.82) is 0 Å². The number of aliphatic carboxylic acids is 1. The van der Waals surface area contributed by atoms with E-state index in [1.807, 2.05) is 18.2 Å². The maximum absolute atomic E-state index is 12.8. The number of rotatable bonds is 34. The first-order chi connectivity index (χ1) is 29.3. The molecule has 0 aliphatic heterocycles. The third-order valence-electron chi connectivity index (χ3n) is 9.43. The van der Waals surface area contributed by atoms with Gasteiger partial charge in [-0.1, -0.05) is 130 Å². The third kappa shape index (κ3) is 29.3. The van der Waals surface area contributed by atoms with Crippen LogP contribution >= 0.6 is 7.82 Å². The Kier molecular flexibility index (Phi) is 31.6. The third-order valence-corrected chi connectivity index (χ3v) is 10.4. The average Bonchev–Trinajstić information content (AvgIpc) is 3.49. The fourth-order valence-corrected chi connectivity index (χ4v) is 6.78. The van der Waals surface area contributed by atoms with Crippen molar-refractivity contribution in [2.45, 2.75) is 141 Å². The molecule has 61 heavy (non-hydrogen) atoms. The summed E-state index contributed by atoms with van der Waals surface area (Å²) in [5.74, 6) is -3.57. The number of nitrogens with two attached hydrogens (primary N) is 1. The van der Waals surface area contributed by atoms with Crippen molar-refractivity contribution in [3.63, 3.8) is 0 Å². The minimum absolute atomic E-state index is 0.0246. The van der Waals surface area contributed by atoms with E-state index in [0.29, 0.717) is 25.7 Å². The predicted octanol–water partition coefficient (Wildman–Crippen LogP) is 7.66. The summed E-state index contributed by atoms with van der Waals surface area (Å²) < 4.78 is 32.5. The number of hydrogen-bond acceptors (Lipinski definition) is 12. The van der Waals surface area contributed by atoms with E-state index in [1.165, 1.54) is 6.08 Å². The molecule has 0 aromatic rings. The van der Waals surface area contributed by atoms with E-state index in [4.69, 9.17) is 24.8 Å². The molecule has 8 atom stereocenters. The van der Waals surface area contributed by atoms with Crippen LogP contribution in [0.2, 0.25) is 0 Å². The van der Waals surface area contributed by atoms with Gasteiger partial charge in [-0.15, -0.1) is 0 Å². The summed E-state index contributed by atoms with van der Waals surface area (Å²) in [4.78, 5) is 46.2. The molecule has 0 aromatic heterocycles. The Hall–Kier alpha value is -3.72. The number of aliphatic hydroxyl groups is 3. The lowest BCUT2D eigenvalue weighted by Crippen LogP contribution is -2.34. The van der Waals surface area contributed by atoms with E-state index < -0.39 is 76.0 Å². The lowest BCUT2D eigenvalue weighted by atomic mass is 9.89. The topological polar surface area (TPSA) is 232 Å². The summed E-state index contributed by atoms with van der Waals surface area (Å²) >= 11 is 0. The number of phosphoric acid groups is 1. The highest BCUT2D eigenvalue weighted by molar-refractivity contribution is 7.47. The van der Waals surface area contributed by atoms with Crippen molar-refractivity contribution >= 4 is 25.7 Å². The highest BCUT2D eigenvalue weighted by atomic mass is 31.2. The molecule has 14 nitrogen and oxygen atoms in total. The van der Waals surface area contributed by atoms with Crippen molar-refractivity contribution in [2.24, 2.45) is 17.6 Å². The first kappa shape index (κ1) is 55.3. The minimum Gasteiger partial charge on any atom is -0.480 e. The number of unbranched alkanes of at least 4 members (excludes halogenated alkanes) is 2. The van der Waals surface area contributed by atoms with Crippen LogP contribution in [0.5, 0.6) is 0 Å². The Morgan fingerprint density at radius 2 is 1.33 bits per heavy atom. The van der Waals surface area contributed by atoms with Crippen molar-refractivity contribution in [1.82, 2.24) is 0 Å². The second-order valence-electron chi connectivity index (χ2n) is 14.7. The molecule has 1 rings (SSSR count). The molecule has 0 heterocycles. The molecule has 0 spiro atoms. The lowest BCUT2D eigenvalue weighted by molar-refractivity contribution is -0.160. The van der Waals surface area contributed by atoms with Crippen LogP contribution in [0, 0.1) is 11.8 Å². The molecular weight excluding hydrogens is 805 g/mol. The summed E-state index contributed by atoms with van der Waals surface area (Å²) in [5, 5.41) is 40.3. The van der Waals surface area contributed by atoms with Crippen molar-refractivity contribution in [3.8, 4) is 0 Å². The van der Waals surface area contributed by atoms with Crippen molar-refractivity contribution in [3.05, 3.63) is 97.2 Å². The van der Waals surface area contributed by atoms with E-state index in [2.05, 4.69) is 73.1 Å². The Balaban J connectivity index is 2.61. The largest absolute Gasteiger partial charge is 0.480 e. The highest BCUT2D eigenvalue weighted by Gasteiger charge is 2.39. The van der Waals surface area contributed by atoms with Crippen LogP contribution in [0.25, 0.3) is 0 Å². The Bertz CT molecular complexity index is 1520.